The van der Waals surface area contributed by atoms with E-state index in [1.54, 1.807) is 26.8 Å². The number of aliphatic carboxylic acids is 1. The summed E-state index contributed by atoms with van der Waals surface area (Å²) in [6.45, 7) is 4.69. The Hall–Kier alpha value is -4.58. The second-order valence-electron chi connectivity index (χ2n) is 10.4. The molecule has 4 rings (SSSR count). The van der Waals surface area contributed by atoms with Gasteiger partial charge < -0.3 is 26.0 Å². The number of fused-ring (bicyclic) bond motifs is 3. The zero-order valence-corrected chi connectivity index (χ0v) is 25.3. The average molecular weight is 609 g/mol. The Labute approximate surface area is 251 Å². The number of carbonyl (C=O) groups excluding carboxylic acids is 1. The Morgan fingerprint density at radius 3 is 2.12 bits per heavy atom. The van der Waals surface area contributed by atoms with Gasteiger partial charge in [-0.15, -0.1) is 0 Å². The predicted octanol–water partition coefficient (Wildman–Crippen LogP) is 4.07. The third kappa shape index (κ3) is 6.14. The fourth-order valence-electron chi connectivity index (χ4n) is 5.61. The molecule has 3 aromatic carbocycles. The number of hydrogen-bond donors (Lipinski definition) is 3. The fourth-order valence-corrected chi connectivity index (χ4v) is 7.59. The van der Waals surface area contributed by atoms with Crippen LogP contribution in [0.5, 0.6) is 5.75 Å². The van der Waals surface area contributed by atoms with E-state index in [1.807, 2.05) is 48.5 Å². The lowest BCUT2D eigenvalue weighted by atomic mass is 9.98. The molecular weight excluding hydrogens is 572 g/mol. The number of amides is 1. The van der Waals surface area contributed by atoms with Gasteiger partial charge >= 0.3 is 12.1 Å². The first-order valence-corrected chi connectivity index (χ1v) is 15.2. The number of benzene rings is 3. The van der Waals surface area contributed by atoms with Crippen LogP contribution in [0, 0.1) is 20.8 Å². The number of nitrogens with zero attached hydrogens (tertiary/aromatic N) is 2. The summed E-state index contributed by atoms with van der Waals surface area (Å²) in [6, 6.07) is 15.2. The number of rotatable bonds is 11. The average Bonchev–Trinajstić information content (AvgIpc) is 3.28. The van der Waals surface area contributed by atoms with E-state index in [0.717, 1.165) is 22.3 Å². The Kier molecular flexibility index (Phi) is 9.29. The summed E-state index contributed by atoms with van der Waals surface area (Å²) in [6.07, 6.45) is -1.44. The molecule has 0 saturated carbocycles. The molecule has 0 fully saturated rings. The monoisotopic (exact) mass is 608 g/mol. The van der Waals surface area contributed by atoms with Crippen LogP contribution in [0.15, 0.2) is 64.5 Å². The number of guanidine groups is 1. The second-order valence-corrected chi connectivity index (χ2v) is 12.1. The fraction of sp³-hybridized carbons (Fsp3) is 0.323. The SMILES string of the molecule is COc1cc(C)c(S(=O)(=O)N(C(=O)OCC2c3ccccc3-c3ccccc32)[C@@H](CCCN=C(N)N)C(=O)O)c(C)c1C. The molecule has 3 aromatic rings. The van der Waals surface area contributed by atoms with Crippen LogP contribution in [0.1, 0.15) is 46.6 Å². The molecule has 12 heteroatoms. The number of aliphatic imine (C=N–C) groups is 1. The maximum atomic E-state index is 14.3. The third-order valence-electron chi connectivity index (χ3n) is 7.73. The van der Waals surface area contributed by atoms with Gasteiger partial charge in [-0.3, -0.25) is 4.99 Å². The minimum Gasteiger partial charge on any atom is -0.496 e. The molecule has 0 spiro atoms. The number of methoxy groups -OCH3 is 1. The smallest absolute Gasteiger partial charge is 0.424 e. The number of carboxylic acids is 1. The van der Waals surface area contributed by atoms with E-state index in [9.17, 15) is 23.1 Å². The maximum Gasteiger partial charge on any atom is 0.424 e. The van der Waals surface area contributed by atoms with Crippen LogP contribution >= 0.6 is 0 Å². The molecule has 1 atom stereocenters. The molecule has 11 nitrogen and oxygen atoms in total. The summed E-state index contributed by atoms with van der Waals surface area (Å²) in [5.41, 5.74) is 15.8. The van der Waals surface area contributed by atoms with Crippen LogP contribution in [0.3, 0.4) is 0 Å². The van der Waals surface area contributed by atoms with E-state index in [2.05, 4.69) is 4.99 Å². The number of carboxylic acid groups (broad SMARTS) is 1. The van der Waals surface area contributed by atoms with E-state index < -0.39 is 28.1 Å². The molecular formula is C31H36N4O7S. The van der Waals surface area contributed by atoms with Crippen LogP contribution in [0.2, 0.25) is 0 Å². The summed E-state index contributed by atoms with van der Waals surface area (Å²) < 4.78 is 40.0. The van der Waals surface area contributed by atoms with Crippen LogP contribution in [-0.4, -0.2) is 62.2 Å². The van der Waals surface area contributed by atoms with Crippen molar-refractivity contribution in [1.82, 2.24) is 4.31 Å². The number of ether oxygens (including phenoxy) is 2. The molecule has 0 aromatic heterocycles. The zero-order chi connectivity index (χ0) is 31.5. The van der Waals surface area contributed by atoms with Crippen molar-refractivity contribution in [2.24, 2.45) is 16.5 Å². The third-order valence-corrected chi connectivity index (χ3v) is 9.79. The van der Waals surface area contributed by atoms with Crippen molar-refractivity contribution in [2.75, 3.05) is 20.3 Å². The van der Waals surface area contributed by atoms with Gasteiger partial charge in [0.05, 0.1) is 12.0 Å². The minimum atomic E-state index is -4.74. The lowest BCUT2D eigenvalue weighted by molar-refractivity contribution is -0.141. The Bertz CT molecular complexity index is 1640. The van der Waals surface area contributed by atoms with Gasteiger partial charge in [0.15, 0.2) is 5.96 Å². The van der Waals surface area contributed by atoms with E-state index in [4.69, 9.17) is 20.9 Å². The predicted molar refractivity (Wildman–Crippen MR) is 163 cm³/mol. The van der Waals surface area contributed by atoms with Crippen molar-refractivity contribution in [3.05, 3.63) is 82.4 Å². The molecule has 0 radical (unpaired) electrons. The summed E-state index contributed by atoms with van der Waals surface area (Å²) in [4.78, 5) is 30.1. The van der Waals surface area contributed by atoms with E-state index in [1.165, 1.54) is 7.11 Å². The minimum absolute atomic E-state index is 0.0460. The van der Waals surface area contributed by atoms with Crippen molar-refractivity contribution in [3.63, 3.8) is 0 Å². The summed E-state index contributed by atoms with van der Waals surface area (Å²) in [5, 5.41) is 10.2. The topological polar surface area (TPSA) is 175 Å². The van der Waals surface area contributed by atoms with Crippen molar-refractivity contribution in [2.45, 2.75) is 50.5 Å². The maximum absolute atomic E-state index is 14.3. The molecule has 1 aliphatic rings. The standard InChI is InChI=1S/C31H36N4O7S/c1-18-16-27(41-4)19(2)20(3)28(18)43(39,40)35(26(29(36)37)14-9-15-34-30(32)33)31(38)42-17-25-23-12-7-5-10-21(23)22-11-6-8-13-24(22)25/h5-8,10-13,16,25-26H,9,14-15,17H2,1-4H3,(H,36,37)(H4,32,33,34)/t26-/m0/s1. The highest BCUT2D eigenvalue weighted by atomic mass is 32.2. The molecule has 1 amide bonds. The Morgan fingerprint density at radius 1 is 1.00 bits per heavy atom. The Balaban J connectivity index is 1.74. The molecule has 0 aliphatic heterocycles. The van der Waals surface area contributed by atoms with Gasteiger partial charge in [-0.1, -0.05) is 48.5 Å². The largest absolute Gasteiger partial charge is 0.496 e. The first kappa shape index (κ1) is 31.4. The van der Waals surface area contributed by atoms with Crippen LogP contribution < -0.4 is 16.2 Å². The van der Waals surface area contributed by atoms with Crippen molar-refractivity contribution in [1.29, 1.82) is 0 Å². The van der Waals surface area contributed by atoms with E-state index in [-0.39, 0.29) is 42.8 Å². The van der Waals surface area contributed by atoms with E-state index >= 15 is 0 Å². The highest BCUT2D eigenvalue weighted by molar-refractivity contribution is 7.89. The van der Waals surface area contributed by atoms with Gasteiger partial charge in [0.25, 0.3) is 10.0 Å². The first-order valence-electron chi connectivity index (χ1n) is 13.7. The quantitative estimate of drug-likeness (QED) is 0.165. The number of nitrogens with two attached hydrogens (primary N) is 2. The summed E-state index contributed by atoms with van der Waals surface area (Å²) >= 11 is 0. The highest BCUT2D eigenvalue weighted by Gasteiger charge is 2.43. The van der Waals surface area contributed by atoms with Crippen molar-refractivity contribution < 1.29 is 32.6 Å². The number of carbonyl (C=O) groups is 2. The van der Waals surface area contributed by atoms with Crippen molar-refractivity contribution >= 4 is 28.0 Å². The van der Waals surface area contributed by atoms with Gasteiger partial charge in [-0.25, -0.2) is 18.0 Å². The lowest BCUT2D eigenvalue weighted by Crippen LogP contribution is -2.49. The van der Waals surface area contributed by atoms with Gasteiger partial charge in [-0.2, -0.15) is 4.31 Å². The summed E-state index contributed by atoms with van der Waals surface area (Å²) in [7, 11) is -3.27. The molecule has 5 N–H and O–H groups in total. The van der Waals surface area contributed by atoms with Gasteiger partial charge in [0.2, 0.25) is 0 Å². The van der Waals surface area contributed by atoms with Gasteiger partial charge in [0.1, 0.15) is 18.4 Å². The summed E-state index contributed by atoms with van der Waals surface area (Å²) in [5.74, 6) is -1.60. The lowest BCUT2D eigenvalue weighted by Gasteiger charge is -2.30. The molecule has 43 heavy (non-hydrogen) atoms. The van der Waals surface area contributed by atoms with Crippen LogP contribution in [-0.2, 0) is 19.6 Å². The number of aryl methyl sites for hydroxylation is 1. The van der Waals surface area contributed by atoms with Gasteiger partial charge in [-0.05, 0) is 78.6 Å². The van der Waals surface area contributed by atoms with Crippen LogP contribution in [0.25, 0.3) is 11.1 Å². The normalized spacial score (nSPS) is 13.0. The Morgan fingerprint density at radius 2 is 1.58 bits per heavy atom. The van der Waals surface area contributed by atoms with E-state index in [0.29, 0.717) is 26.7 Å². The molecule has 0 unspecified atom stereocenters. The molecule has 228 valence electrons. The highest BCUT2D eigenvalue weighted by Crippen LogP contribution is 2.44. The molecule has 0 bridgehead atoms. The van der Waals surface area contributed by atoms with Crippen LogP contribution in [0.4, 0.5) is 4.79 Å². The second kappa shape index (κ2) is 12.7. The zero-order valence-electron chi connectivity index (χ0n) is 24.5. The van der Waals surface area contributed by atoms with Crippen molar-refractivity contribution in [3.8, 4) is 16.9 Å². The first-order chi connectivity index (χ1) is 20.4. The van der Waals surface area contributed by atoms with Gasteiger partial charge in [0, 0.05) is 12.5 Å². The number of sulfonamides is 1. The number of hydrogen-bond acceptors (Lipinski definition) is 7. The molecule has 0 heterocycles. The molecule has 0 saturated heterocycles. The molecule has 1 aliphatic carbocycles.